The minimum atomic E-state index is -1.86. The first-order valence-corrected chi connectivity index (χ1v) is 18.9. The van der Waals surface area contributed by atoms with Crippen molar-refractivity contribution in [3.8, 4) is 0 Å². The van der Waals surface area contributed by atoms with Gasteiger partial charge in [0.25, 0.3) is 0 Å². The van der Waals surface area contributed by atoms with Crippen LogP contribution in [-0.4, -0.2) is 21.1 Å². The van der Waals surface area contributed by atoms with Gasteiger partial charge in [-0.1, -0.05) is 70.7 Å². The molecule has 1 aliphatic heterocycles. The fourth-order valence-corrected chi connectivity index (χ4v) is 27.9. The third-order valence-corrected chi connectivity index (χ3v) is 31.8. The van der Waals surface area contributed by atoms with E-state index >= 15 is 0 Å². The fraction of sp³-hybridized carbons (Fsp3) is 0.654. The lowest BCUT2D eigenvalue weighted by molar-refractivity contribution is -0.125. The van der Waals surface area contributed by atoms with Crippen LogP contribution in [0.1, 0.15) is 69.2 Å². The molecule has 2 nitrogen and oxygen atoms in total. The molecular weight excluding hydrogens is 398 g/mol. The average molecular weight is 437 g/mol. The Balaban J connectivity index is 1.89. The minimum absolute atomic E-state index is 0.0126. The molecule has 3 aliphatic carbocycles. The first-order chi connectivity index (χ1) is 13.7. The molecule has 0 aromatic heterocycles. The normalized spacial score (nSPS) is 37.4. The van der Waals surface area contributed by atoms with Crippen molar-refractivity contribution in [2.24, 2.45) is 11.8 Å². The molecule has 2 bridgehead atoms. The molecule has 4 aliphatic rings. The lowest BCUT2D eigenvalue weighted by Crippen LogP contribution is -2.91. The van der Waals surface area contributed by atoms with Crippen molar-refractivity contribution in [2.45, 2.75) is 95.1 Å². The van der Waals surface area contributed by atoms with Crippen LogP contribution in [0.2, 0.25) is 31.2 Å². The van der Waals surface area contributed by atoms with Crippen LogP contribution >= 0.6 is 0 Å². The molecule has 5 rings (SSSR count). The molecule has 4 atom stereocenters. The van der Waals surface area contributed by atoms with E-state index in [4.69, 9.17) is 5.73 Å². The van der Waals surface area contributed by atoms with Crippen LogP contribution < -0.4 is 5.73 Å². The third kappa shape index (κ3) is 1.88. The standard InChI is InChI=1S/C26H38NOSi2/c1-16-11-17-13-20(24(2,3)4)15-22(21(17)12-16)25-18-9-10-19(14-18)26(25,23(27)28)30(7,8)29(25,5)6/h11,13,15,18-19,27H,9-10,12,14H2,1-8H3. The second-order valence-electron chi connectivity index (χ2n) is 12.9. The Hall–Kier alpha value is -1.14. The summed E-state index contributed by atoms with van der Waals surface area (Å²) in [6.45, 7) is 19.4. The molecule has 4 unspecified atom stereocenters. The average Bonchev–Trinajstić information content (AvgIpc) is 3.29. The number of carbonyl (C=O) groups is 1. The molecule has 3 fully saturated rings. The van der Waals surface area contributed by atoms with Crippen LogP contribution in [0.5, 0.6) is 0 Å². The number of amides is 1. The van der Waals surface area contributed by atoms with Crippen molar-refractivity contribution >= 4 is 27.2 Å². The highest BCUT2D eigenvalue weighted by molar-refractivity contribution is 7.48. The van der Waals surface area contributed by atoms with Gasteiger partial charge in [-0.15, -0.1) is 0 Å². The van der Waals surface area contributed by atoms with Gasteiger partial charge < -0.3 is 0 Å². The summed E-state index contributed by atoms with van der Waals surface area (Å²) in [7, 11) is -3.62. The first-order valence-electron chi connectivity index (χ1n) is 11.9. The summed E-state index contributed by atoms with van der Waals surface area (Å²) in [6.07, 6.45) is 7.05. The minimum Gasteiger partial charge on any atom is -0.273 e. The van der Waals surface area contributed by atoms with Gasteiger partial charge in [-0.3, -0.25) is 10.5 Å². The molecule has 1 aromatic rings. The highest BCUT2D eigenvalue weighted by Gasteiger charge is 2.91. The van der Waals surface area contributed by atoms with E-state index in [2.05, 4.69) is 72.1 Å². The summed E-state index contributed by atoms with van der Waals surface area (Å²) in [5.74, 6) is 0.870. The molecule has 1 N–H and O–H groups in total. The zero-order chi connectivity index (χ0) is 22.1. The lowest BCUT2D eigenvalue weighted by atomic mass is 9.69. The van der Waals surface area contributed by atoms with E-state index in [-0.39, 0.29) is 21.4 Å². The maximum atomic E-state index is 13.5. The molecule has 1 heterocycles. The van der Waals surface area contributed by atoms with E-state index in [0.717, 1.165) is 6.42 Å². The lowest BCUT2D eigenvalue weighted by Gasteiger charge is -2.78. The Kier molecular flexibility index (Phi) is 3.88. The van der Waals surface area contributed by atoms with Gasteiger partial charge >= 0.3 is 0 Å². The van der Waals surface area contributed by atoms with Crippen molar-refractivity contribution in [1.82, 2.24) is 5.73 Å². The summed E-state index contributed by atoms with van der Waals surface area (Å²) in [5, 5.41) is -0.360. The van der Waals surface area contributed by atoms with Crippen LogP contribution in [0.25, 0.3) is 6.08 Å². The Morgan fingerprint density at radius 1 is 1.07 bits per heavy atom. The molecule has 1 amide bonds. The van der Waals surface area contributed by atoms with E-state index in [9.17, 15) is 4.79 Å². The monoisotopic (exact) mass is 436 g/mol. The highest BCUT2D eigenvalue weighted by atomic mass is 29.3. The SMILES string of the molecule is CC1=Cc2cc(C(C)(C)C)cc(C34C5CCC(C5)C3(C([NH])=O)[Si](C)(C)[Si]4(C)C)c2C1. The molecule has 161 valence electrons. The second-order valence-corrected chi connectivity index (χ2v) is 28.5. The van der Waals surface area contributed by atoms with Crippen LogP contribution in [0, 0.1) is 11.8 Å². The second kappa shape index (κ2) is 5.61. The molecule has 2 saturated carbocycles. The summed E-state index contributed by atoms with van der Waals surface area (Å²) < 4.78 is 0. The molecule has 1 saturated heterocycles. The highest BCUT2D eigenvalue weighted by Crippen LogP contribution is 2.85. The number of rotatable bonds is 2. The summed E-state index contributed by atoms with van der Waals surface area (Å²) in [5.41, 5.74) is 16.1. The van der Waals surface area contributed by atoms with E-state index < -0.39 is 15.2 Å². The molecule has 4 heteroatoms. The molecule has 1 radical (unpaired) electrons. The Labute approximate surface area is 184 Å². The van der Waals surface area contributed by atoms with Gasteiger partial charge in [-0.25, -0.2) is 0 Å². The number of hydrogen-bond donors (Lipinski definition) is 0. The number of carbonyl (C=O) groups excluding carboxylic acids is 1. The maximum Gasteiger partial charge on any atom is 0.242 e. The van der Waals surface area contributed by atoms with E-state index in [1.165, 1.54) is 47.1 Å². The first kappa shape index (κ1) is 20.7. The van der Waals surface area contributed by atoms with Gasteiger partial charge in [0.05, 0.1) is 20.2 Å². The van der Waals surface area contributed by atoms with Crippen LogP contribution in [0.15, 0.2) is 17.7 Å². The quantitative estimate of drug-likeness (QED) is 0.508. The zero-order valence-electron chi connectivity index (χ0n) is 20.1. The Morgan fingerprint density at radius 3 is 2.30 bits per heavy atom. The molecule has 0 spiro atoms. The molecule has 1 aromatic carbocycles. The van der Waals surface area contributed by atoms with Gasteiger partial charge in [0.2, 0.25) is 5.91 Å². The van der Waals surface area contributed by atoms with Gasteiger partial charge in [0.15, 0.2) is 0 Å². The van der Waals surface area contributed by atoms with Crippen molar-refractivity contribution in [3.05, 3.63) is 40.0 Å². The zero-order valence-corrected chi connectivity index (χ0v) is 22.1. The third-order valence-electron chi connectivity index (χ3n) is 10.6. The van der Waals surface area contributed by atoms with E-state index in [1.54, 1.807) is 0 Å². The van der Waals surface area contributed by atoms with Gasteiger partial charge in [-0.2, -0.15) is 0 Å². The van der Waals surface area contributed by atoms with Crippen molar-refractivity contribution in [1.29, 1.82) is 0 Å². The maximum absolute atomic E-state index is 13.5. The van der Waals surface area contributed by atoms with E-state index in [1.807, 2.05) is 0 Å². The smallest absolute Gasteiger partial charge is 0.242 e. The van der Waals surface area contributed by atoms with Crippen LogP contribution in [-0.2, 0) is 21.7 Å². The van der Waals surface area contributed by atoms with Crippen LogP contribution in [0.4, 0.5) is 0 Å². The van der Waals surface area contributed by atoms with Crippen molar-refractivity contribution in [3.63, 3.8) is 0 Å². The Bertz CT molecular complexity index is 1010. The van der Waals surface area contributed by atoms with Gasteiger partial charge in [-0.05, 0) is 72.1 Å². The van der Waals surface area contributed by atoms with E-state index in [0.29, 0.717) is 11.8 Å². The molecule has 30 heavy (non-hydrogen) atoms. The number of fused-ring (bicyclic) bond motifs is 6. The summed E-state index contributed by atoms with van der Waals surface area (Å²) >= 11 is 0. The Morgan fingerprint density at radius 2 is 1.70 bits per heavy atom. The van der Waals surface area contributed by atoms with Crippen molar-refractivity contribution < 1.29 is 4.79 Å². The van der Waals surface area contributed by atoms with Gasteiger partial charge in [0.1, 0.15) is 0 Å². The topological polar surface area (TPSA) is 40.9 Å². The summed E-state index contributed by atoms with van der Waals surface area (Å²) in [4.78, 5) is 13.5. The largest absolute Gasteiger partial charge is 0.273 e. The number of benzene rings is 1. The number of nitrogens with one attached hydrogen (secondary N) is 1. The predicted octanol–water partition coefficient (Wildman–Crippen LogP) is 6.21. The summed E-state index contributed by atoms with van der Waals surface area (Å²) in [6, 6.07) is 4.95. The predicted molar refractivity (Wildman–Crippen MR) is 131 cm³/mol. The number of allylic oxidation sites excluding steroid dienone is 1. The molecular formula is C26H38NOSi2. The number of hydrogen-bond acceptors (Lipinski definition) is 1. The van der Waals surface area contributed by atoms with Crippen molar-refractivity contribution in [2.75, 3.05) is 0 Å². The fourth-order valence-electron chi connectivity index (χ4n) is 9.16. The van der Waals surface area contributed by atoms with Gasteiger partial charge in [0, 0.05) is 5.04 Å². The van der Waals surface area contributed by atoms with Crippen LogP contribution in [0.3, 0.4) is 0 Å².